The molecule has 0 bridgehead atoms. The van der Waals surface area contributed by atoms with Crippen LogP contribution >= 0.6 is 0 Å². The number of methoxy groups -OCH3 is 3. The highest BCUT2D eigenvalue weighted by Crippen LogP contribution is 2.30. The zero-order valence-electron chi connectivity index (χ0n) is 19.3. The molecule has 5 atom stereocenters. The van der Waals surface area contributed by atoms with E-state index in [0.29, 0.717) is 0 Å². The van der Waals surface area contributed by atoms with E-state index in [9.17, 15) is 24.0 Å². The van der Waals surface area contributed by atoms with E-state index in [2.05, 4.69) is 15.0 Å². The van der Waals surface area contributed by atoms with Gasteiger partial charge in [-0.2, -0.15) is 0 Å². The first-order valence-corrected chi connectivity index (χ1v) is 9.84. The third kappa shape index (κ3) is 6.05. The molecule has 0 aliphatic carbocycles. The Morgan fingerprint density at radius 1 is 0.824 bits per heavy atom. The van der Waals surface area contributed by atoms with Gasteiger partial charge in [0.2, 0.25) is 5.69 Å². The Hall–Kier alpha value is -3.59. The van der Waals surface area contributed by atoms with Crippen LogP contribution in [0.2, 0.25) is 0 Å². The molecule has 1 aliphatic rings. The lowest BCUT2D eigenvalue weighted by Crippen LogP contribution is -2.62. The van der Waals surface area contributed by atoms with Gasteiger partial charge in [0.1, 0.15) is 6.10 Å². The second kappa shape index (κ2) is 11.5. The Labute approximate surface area is 193 Å². The maximum Gasteiger partial charge on any atom is 0.361 e. The molecular weight excluding hydrogens is 462 g/mol. The monoisotopic (exact) mass is 487 g/mol. The topological polar surface area (TPSA) is 181 Å². The first-order valence-electron chi connectivity index (χ1n) is 9.84. The Balaban J connectivity index is 2.54. The summed E-state index contributed by atoms with van der Waals surface area (Å²) in [7, 11) is 3.42. The van der Waals surface area contributed by atoms with Gasteiger partial charge in [0.15, 0.2) is 30.3 Å². The van der Waals surface area contributed by atoms with Crippen LogP contribution in [0.25, 0.3) is 0 Å². The Morgan fingerprint density at radius 3 is 1.85 bits per heavy atom. The van der Waals surface area contributed by atoms with Gasteiger partial charge < -0.3 is 33.2 Å². The summed E-state index contributed by atoms with van der Waals surface area (Å²) in [5.41, 5.74) is -0.786. The van der Waals surface area contributed by atoms with Gasteiger partial charge >= 0.3 is 29.8 Å². The molecule has 15 nitrogen and oxygen atoms in total. The van der Waals surface area contributed by atoms with Gasteiger partial charge in [0.05, 0.1) is 20.8 Å². The molecule has 1 aliphatic heterocycles. The van der Waals surface area contributed by atoms with Crippen molar-refractivity contribution in [1.29, 1.82) is 0 Å². The van der Waals surface area contributed by atoms with Gasteiger partial charge in [-0.15, -0.1) is 5.10 Å². The van der Waals surface area contributed by atoms with Crippen LogP contribution in [-0.4, -0.2) is 96.9 Å². The molecule has 0 saturated carbocycles. The standard InChI is InChI=1S/C19H25N3O12/c1-8(23)31-14-11(7-22-13(18(27)29-5)12(20-21-22)17(26)28-4)34-19(30-6)16(33-10(3)25)15(14)32-9(2)24/h11,14-16,19H,7H2,1-6H3/t11-,14-,15+,16-,19+/m1/s1. The van der Waals surface area contributed by atoms with Crippen LogP contribution in [0.5, 0.6) is 0 Å². The summed E-state index contributed by atoms with van der Waals surface area (Å²) in [4.78, 5) is 59.7. The summed E-state index contributed by atoms with van der Waals surface area (Å²) in [5, 5.41) is 7.43. The summed E-state index contributed by atoms with van der Waals surface area (Å²) in [6.07, 6.45) is -6.43. The van der Waals surface area contributed by atoms with Crippen molar-refractivity contribution in [3.8, 4) is 0 Å². The van der Waals surface area contributed by atoms with E-state index in [1.165, 1.54) is 7.11 Å². The molecule has 0 N–H and O–H groups in total. The molecule has 2 heterocycles. The number of ether oxygens (including phenoxy) is 7. The zero-order chi connectivity index (χ0) is 25.6. The maximum atomic E-state index is 12.3. The molecule has 15 heteroatoms. The van der Waals surface area contributed by atoms with Crippen LogP contribution < -0.4 is 0 Å². The fraction of sp³-hybridized carbons (Fsp3) is 0.632. The second-order valence-electron chi connectivity index (χ2n) is 6.95. The normalized spacial score (nSPS) is 24.0. The van der Waals surface area contributed by atoms with E-state index in [1.807, 2.05) is 0 Å². The van der Waals surface area contributed by atoms with Crippen molar-refractivity contribution >= 4 is 29.8 Å². The van der Waals surface area contributed by atoms with E-state index >= 15 is 0 Å². The fourth-order valence-electron chi connectivity index (χ4n) is 3.34. The minimum absolute atomic E-state index is 0.350. The van der Waals surface area contributed by atoms with Crippen molar-refractivity contribution < 1.29 is 57.1 Å². The highest BCUT2D eigenvalue weighted by atomic mass is 16.7. The lowest BCUT2D eigenvalue weighted by Gasteiger charge is -2.43. The molecule has 0 amide bonds. The predicted octanol–water partition coefficient (Wildman–Crippen LogP) is -0.982. The second-order valence-corrected chi connectivity index (χ2v) is 6.95. The molecule has 188 valence electrons. The first kappa shape index (κ1) is 26.7. The average molecular weight is 487 g/mol. The summed E-state index contributed by atoms with van der Waals surface area (Å²) in [5.74, 6) is -4.17. The van der Waals surface area contributed by atoms with Crippen LogP contribution in [0.4, 0.5) is 0 Å². The van der Waals surface area contributed by atoms with Crippen molar-refractivity contribution in [3.05, 3.63) is 11.4 Å². The van der Waals surface area contributed by atoms with Crippen LogP contribution in [-0.2, 0) is 54.1 Å². The number of nitrogens with zero attached hydrogens (tertiary/aromatic N) is 3. The quantitative estimate of drug-likeness (QED) is 0.322. The molecule has 2 rings (SSSR count). The van der Waals surface area contributed by atoms with E-state index in [1.54, 1.807) is 0 Å². The van der Waals surface area contributed by atoms with Crippen LogP contribution in [0.15, 0.2) is 0 Å². The van der Waals surface area contributed by atoms with Gasteiger partial charge in [0.25, 0.3) is 0 Å². The fourth-order valence-corrected chi connectivity index (χ4v) is 3.34. The van der Waals surface area contributed by atoms with Gasteiger partial charge in [0, 0.05) is 27.9 Å². The van der Waals surface area contributed by atoms with Crippen LogP contribution in [0.1, 0.15) is 41.7 Å². The van der Waals surface area contributed by atoms with E-state index in [0.717, 1.165) is 39.7 Å². The largest absolute Gasteiger partial charge is 0.464 e. The average Bonchev–Trinajstić information content (AvgIpc) is 3.18. The molecule has 1 saturated heterocycles. The third-order valence-electron chi connectivity index (χ3n) is 4.58. The minimum Gasteiger partial charge on any atom is -0.464 e. The van der Waals surface area contributed by atoms with Crippen molar-refractivity contribution in [2.24, 2.45) is 0 Å². The van der Waals surface area contributed by atoms with E-state index < -0.39 is 66.2 Å². The van der Waals surface area contributed by atoms with Crippen LogP contribution in [0, 0.1) is 0 Å². The lowest BCUT2D eigenvalue weighted by molar-refractivity contribution is -0.300. The van der Waals surface area contributed by atoms with Crippen LogP contribution in [0.3, 0.4) is 0 Å². The molecule has 0 aromatic carbocycles. The number of carbonyl (C=O) groups excluding carboxylic acids is 5. The SMILES string of the molecule is COC(=O)c1nnn(C[C@H]2O[C@H](OC)[C@H](OC(C)=O)[C@@H](OC(C)=O)[C@@H]2OC(C)=O)c1C(=O)OC. The van der Waals surface area contributed by atoms with E-state index in [-0.39, 0.29) is 12.2 Å². The number of aromatic nitrogens is 3. The highest BCUT2D eigenvalue weighted by molar-refractivity contribution is 6.00. The molecule has 1 fully saturated rings. The van der Waals surface area contributed by atoms with Gasteiger partial charge in [-0.1, -0.05) is 5.21 Å². The van der Waals surface area contributed by atoms with Crippen molar-refractivity contribution in [1.82, 2.24) is 15.0 Å². The van der Waals surface area contributed by atoms with Crippen molar-refractivity contribution in [2.75, 3.05) is 21.3 Å². The predicted molar refractivity (Wildman–Crippen MR) is 105 cm³/mol. The zero-order valence-corrected chi connectivity index (χ0v) is 19.3. The maximum absolute atomic E-state index is 12.3. The molecular formula is C19H25N3O12. The number of hydrogen-bond acceptors (Lipinski definition) is 14. The molecule has 1 aromatic heterocycles. The number of rotatable bonds is 8. The number of hydrogen-bond donors (Lipinski definition) is 0. The summed E-state index contributed by atoms with van der Waals surface area (Å²) < 4.78 is 37.2. The highest BCUT2D eigenvalue weighted by Gasteiger charge is 2.52. The first-order chi connectivity index (χ1) is 16.0. The van der Waals surface area contributed by atoms with Gasteiger partial charge in [-0.25, -0.2) is 14.3 Å². The Kier molecular flexibility index (Phi) is 9.03. The Bertz CT molecular complexity index is 945. The van der Waals surface area contributed by atoms with Crippen molar-refractivity contribution in [3.63, 3.8) is 0 Å². The smallest absolute Gasteiger partial charge is 0.361 e. The molecule has 0 unspecified atom stereocenters. The van der Waals surface area contributed by atoms with E-state index in [4.69, 9.17) is 28.4 Å². The Morgan fingerprint density at radius 2 is 1.35 bits per heavy atom. The van der Waals surface area contributed by atoms with Crippen molar-refractivity contribution in [2.45, 2.75) is 58.0 Å². The molecule has 1 aromatic rings. The van der Waals surface area contributed by atoms with Gasteiger partial charge in [-0.3, -0.25) is 14.4 Å². The number of carbonyl (C=O) groups is 5. The summed E-state index contributed by atoms with van der Waals surface area (Å²) in [6.45, 7) is 2.99. The summed E-state index contributed by atoms with van der Waals surface area (Å²) >= 11 is 0. The molecule has 0 radical (unpaired) electrons. The minimum atomic E-state index is -1.35. The lowest BCUT2D eigenvalue weighted by atomic mass is 9.97. The van der Waals surface area contributed by atoms with Gasteiger partial charge in [-0.05, 0) is 0 Å². The third-order valence-corrected chi connectivity index (χ3v) is 4.58. The summed E-state index contributed by atoms with van der Waals surface area (Å²) in [6, 6.07) is 0. The number of esters is 5. The molecule has 0 spiro atoms. The molecule has 34 heavy (non-hydrogen) atoms.